The quantitative estimate of drug-likeness (QED) is 0.784. The van der Waals surface area contributed by atoms with Gasteiger partial charge < -0.3 is 15.3 Å². The molecular formula is C15H24N2O2. The molecule has 4 nitrogen and oxygen atoms in total. The predicted molar refractivity (Wildman–Crippen MR) is 76.9 cm³/mol. The van der Waals surface area contributed by atoms with Crippen molar-refractivity contribution in [3.63, 3.8) is 0 Å². The summed E-state index contributed by atoms with van der Waals surface area (Å²) >= 11 is 0. The van der Waals surface area contributed by atoms with Crippen LogP contribution in [0.15, 0.2) is 24.3 Å². The molecule has 0 saturated heterocycles. The fourth-order valence-electron chi connectivity index (χ4n) is 1.90. The second kappa shape index (κ2) is 7.92. The van der Waals surface area contributed by atoms with E-state index in [2.05, 4.69) is 10.2 Å². The number of likely N-dealkylation sites (N-methyl/N-ethyl adjacent to an activating group) is 1. The van der Waals surface area contributed by atoms with Gasteiger partial charge in [0.15, 0.2) is 0 Å². The Balaban J connectivity index is 2.50. The van der Waals surface area contributed by atoms with E-state index in [-0.39, 0.29) is 5.91 Å². The molecule has 0 aromatic heterocycles. The molecule has 1 atom stereocenters. The van der Waals surface area contributed by atoms with Crippen molar-refractivity contribution in [1.82, 2.24) is 10.2 Å². The van der Waals surface area contributed by atoms with Crippen LogP contribution >= 0.6 is 0 Å². The zero-order chi connectivity index (χ0) is 14.3. The van der Waals surface area contributed by atoms with E-state index in [1.54, 1.807) is 7.05 Å². The molecule has 1 rings (SSSR count). The van der Waals surface area contributed by atoms with E-state index in [4.69, 9.17) is 0 Å². The van der Waals surface area contributed by atoms with Gasteiger partial charge in [-0.2, -0.15) is 0 Å². The molecule has 0 spiro atoms. The number of benzene rings is 1. The van der Waals surface area contributed by atoms with Gasteiger partial charge >= 0.3 is 0 Å². The van der Waals surface area contributed by atoms with Crippen LogP contribution in [0.5, 0.6) is 0 Å². The minimum atomic E-state index is -0.509. The first-order valence-corrected chi connectivity index (χ1v) is 6.74. The number of carbonyl (C=O) groups is 1. The highest BCUT2D eigenvalue weighted by Gasteiger charge is 2.13. The molecule has 0 fully saturated rings. The first kappa shape index (κ1) is 15.7. The molecule has 1 aromatic carbocycles. The minimum absolute atomic E-state index is 0.0308. The Kier molecular flexibility index (Phi) is 6.53. The van der Waals surface area contributed by atoms with Crippen LogP contribution < -0.4 is 5.32 Å². The summed E-state index contributed by atoms with van der Waals surface area (Å²) in [4.78, 5) is 13.3. The van der Waals surface area contributed by atoms with Crippen molar-refractivity contribution in [2.75, 3.05) is 26.7 Å². The monoisotopic (exact) mass is 264 g/mol. The van der Waals surface area contributed by atoms with Crippen molar-refractivity contribution < 1.29 is 9.90 Å². The first-order valence-electron chi connectivity index (χ1n) is 6.74. The highest BCUT2D eigenvalue weighted by atomic mass is 16.3. The van der Waals surface area contributed by atoms with Gasteiger partial charge in [-0.15, -0.1) is 0 Å². The van der Waals surface area contributed by atoms with E-state index in [9.17, 15) is 9.90 Å². The standard InChI is InChI=1S/C15H24N2O2/c1-4-17(10-9-15(19)16-3)11-14(18)13-7-5-12(2)6-8-13/h5-8,14,18H,4,9-11H2,1-3H3,(H,16,19). The Bertz CT molecular complexity index is 390. The van der Waals surface area contributed by atoms with Gasteiger partial charge in [0.2, 0.25) is 5.91 Å². The van der Waals surface area contributed by atoms with Crippen molar-refractivity contribution in [3.05, 3.63) is 35.4 Å². The fourth-order valence-corrected chi connectivity index (χ4v) is 1.90. The molecule has 0 bridgehead atoms. The third kappa shape index (κ3) is 5.41. The molecule has 1 unspecified atom stereocenters. The number of aliphatic hydroxyl groups is 1. The lowest BCUT2D eigenvalue weighted by atomic mass is 10.1. The van der Waals surface area contributed by atoms with Crippen molar-refractivity contribution in [2.24, 2.45) is 0 Å². The number of hydrogen-bond donors (Lipinski definition) is 2. The summed E-state index contributed by atoms with van der Waals surface area (Å²) in [6.07, 6.45) is -0.0458. The number of nitrogens with one attached hydrogen (secondary N) is 1. The van der Waals surface area contributed by atoms with Crippen LogP contribution in [0.3, 0.4) is 0 Å². The van der Waals surface area contributed by atoms with Gasteiger partial charge in [-0.3, -0.25) is 4.79 Å². The summed E-state index contributed by atoms with van der Waals surface area (Å²) in [5.74, 6) is 0.0308. The highest BCUT2D eigenvalue weighted by molar-refractivity contribution is 5.75. The summed E-state index contributed by atoms with van der Waals surface area (Å²) in [5, 5.41) is 12.8. The second-order valence-corrected chi connectivity index (χ2v) is 4.74. The van der Waals surface area contributed by atoms with Gasteiger partial charge in [-0.25, -0.2) is 0 Å². The van der Waals surface area contributed by atoms with Crippen LogP contribution in [-0.2, 0) is 4.79 Å². The Morgan fingerprint density at radius 3 is 2.53 bits per heavy atom. The largest absolute Gasteiger partial charge is 0.387 e. The predicted octanol–water partition coefficient (Wildman–Crippen LogP) is 1.49. The third-order valence-corrected chi connectivity index (χ3v) is 3.27. The van der Waals surface area contributed by atoms with Gasteiger partial charge in [-0.1, -0.05) is 36.8 Å². The lowest BCUT2D eigenvalue weighted by molar-refractivity contribution is -0.121. The number of aliphatic hydroxyl groups excluding tert-OH is 1. The summed E-state index contributed by atoms with van der Waals surface area (Å²) in [5.41, 5.74) is 2.10. The number of carbonyl (C=O) groups excluding carboxylic acids is 1. The summed E-state index contributed by atoms with van der Waals surface area (Å²) in [7, 11) is 1.64. The van der Waals surface area contributed by atoms with Gasteiger partial charge in [0, 0.05) is 26.6 Å². The second-order valence-electron chi connectivity index (χ2n) is 4.74. The first-order chi connectivity index (χ1) is 9.06. The highest BCUT2D eigenvalue weighted by Crippen LogP contribution is 2.15. The molecule has 0 aliphatic carbocycles. The molecule has 1 amide bonds. The summed E-state index contributed by atoms with van der Waals surface area (Å²) in [6.45, 7) is 6.10. The van der Waals surface area contributed by atoms with Crippen molar-refractivity contribution in [2.45, 2.75) is 26.4 Å². The number of aryl methyl sites for hydroxylation is 1. The average molecular weight is 264 g/mol. The Morgan fingerprint density at radius 2 is 2.00 bits per heavy atom. The topological polar surface area (TPSA) is 52.6 Å². The average Bonchev–Trinajstić information content (AvgIpc) is 2.43. The molecule has 0 radical (unpaired) electrons. The van der Waals surface area contributed by atoms with E-state index in [0.29, 0.717) is 19.5 Å². The Hall–Kier alpha value is -1.39. The van der Waals surface area contributed by atoms with Crippen molar-refractivity contribution >= 4 is 5.91 Å². The Morgan fingerprint density at radius 1 is 1.37 bits per heavy atom. The minimum Gasteiger partial charge on any atom is -0.387 e. The van der Waals surface area contributed by atoms with Gasteiger partial charge in [0.1, 0.15) is 0 Å². The van der Waals surface area contributed by atoms with Gasteiger partial charge in [0.25, 0.3) is 0 Å². The zero-order valence-corrected chi connectivity index (χ0v) is 12.0. The number of rotatable bonds is 7. The summed E-state index contributed by atoms with van der Waals surface area (Å²) in [6, 6.07) is 7.90. The number of hydrogen-bond acceptors (Lipinski definition) is 3. The molecule has 0 aliphatic rings. The maximum Gasteiger partial charge on any atom is 0.221 e. The van der Waals surface area contributed by atoms with Gasteiger partial charge in [0.05, 0.1) is 6.10 Å². The summed E-state index contributed by atoms with van der Waals surface area (Å²) < 4.78 is 0. The number of nitrogens with zero attached hydrogens (tertiary/aromatic N) is 1. The number of amides is 1. The maximum atomic E-state index is 11.2. The van der Waals surface area contributed by atoms with Crippen LogP contribution in [-0.4, -0.2) is 42.6 Å². The molecule has 2 N–H and O–H groups in total. The van der Waals surface area contributed by atoms with E-state index < -0.39 is 6.10 Å². The molecule has 19 heavy (non-hydrogen) atoms. The normalized spacial score (nSPS) is 12.5. The fraction of sp³-hybridized carbons (Fsp3) is 0.533. The van der Waals surface area contributed by atoms with Crippen LogP contribution in [0, 0.1) is 6.92 Å². The molecule has 1 aromatic rings. The Labute approximate surface area is 115 Å². The van der Waals surface area contributed by atoms with E-state index in [1.807, 2.05) is 38.1 Å². The molecule has 0 aliphatic heterocycles. The van der Waals surface area contributed by atoms with Crippen LogP contribution in [0.4, 0.5) is 0 Å². The zero-order valence-electron chi connectivity index (χ0n) is 12.0. The molecule has 0 saturated carbocycles. The molecule has 0 heterocycles. The molecular weight excluding hydrogens is 240 g/mol. The lowest BCUT2D eigenvalue weighted by Gasteiger charge is -2.23. The van der Waals surface area contributed by atoms with E-state index >= 15 is 0 Å². The lowest BCUT2D eigenvalue weighted by Crippen LogP contribution is -2.32. The van der Waals surface area contributed by atoms with Crippen LogP contribution in [0.2, 0.25) is 0 Å². The van der Waals surface area contributed by atoms with E-state index in [1.165, 1.54) is 5.56 Å². The van der Waals surface area contributed by atoms with Crippen molar-refractivity contribution in [1.29, 1.82) is 0 Å². The molecule has 106 valence electrons. The SMILES string of the molecule is CCN(CCC(=O)NC)CC(O)c1ccc(C)cc1. The van der Waals surface area contributed by atoms with Crippen molar-refractivity contribution in [3.8, 4) is 0 Å². The smallest absolute Gasteiger partial charge is 0.221 e. The van der Waals surface area contributed by atoms with Gasteiger partial charge in [-0.05, 0) is 19.0 Å². The van der Waals surface area contributed by atoms with Crippen LogP contribution in [0.1, 0.15) is 30.6 Å². The molecule has 4 heteroatoms. The maximum absolute atomic E-state index is 11.2. The van der Waals surface area contributed by atoms with E-state index in [0.717, 1.165) is 12.1 Å². The third-order valence-electron chi connectivity index (χ3n) is 3.27. The van der Waals surface area contributed by atoms with Crippen LogP contribution in [0.25, 0.3) is 0 Å².